The van der Waals surface area contributed by atoms with Gasteiger partial charge < -0.3 is 9.47 Å². The van der Waals surface area contributed by atoms with E-state index in [0.29, 0.717) is 23.0 Å². The zero-order valence-corrected chi connectivity index (χ0v) is 12.4. The van der Waals surface area contributed by atoms with Crippen LogP contribution in [-0.4, -0.2) is 18.8 Å². The summed E-state index contributed by atoms with van der Waals surface area (Å²) in [6.45, 7) is 5.18. The SMILES string of the molecule is CC1Cc2cc(C(Br)C3CCOC3C)ccc2O1. The van der Waals surface area contributed by atoms with Gasteiger partial charge in [0, 0.05) is 23.8 Å². The lowest BCUT2D eigenvalue weighted by Gasteiger charge is -2.21. The lowest BCUT2D eigenvalue weighted by atomic mass is 9.92. The highest BCUT2D eigenvalue weighted by Crippen LogP contribution is 2.41. The average molecular weight is 311 g/mol. The van der Waals surface area contributed by atoms with Crippen LogP contribution in [0.1, 0.15) is 36.2 Å². The minimum absolute atomic E-state index is 0.317. The Bertz CT molecular complexity index is 446. The van der Waals surface area contributed by atoms with Crippen molar-refractivity contribution in [3.63, 3.8) is 0 Å². The van der Waals surface area contributed by atoms with Gasteiger partial charge >= 0.3 is 0 Å². The first-order valence-electron chi connectivity index (χ1n) is 6.70. The second-order valence-electron chi connectivity index (χ2n) is 5.43. The van der Waals surface area contributed by atoms with Crippen molar-refractivity contribution in [3.8, 4) is 5.75 Å². The molecule has 0 amide bonds. The van der Waals surface area contributed by atoms with E-state index in [0.717, 1.165) is 25.2 Å². The highest BCUT2D eigenvalue weighted by atomic mass is 79.9. The first kappa shape index (κ1) is 12.5. The third kappa shape index (κ3) is 2.19. The zero-order chi connectivity index (χ0) is 12.7. The predicted octanol–water partition coefficient (Wildman–Crippen LogP) is 3.87. The fourth-order valence-corrected chi connectivity index (χ4v) is 3.97. The maximum absolute atomic E-state index is 5.75. The van der Waals surface area contributed by atoms with Crippen molar-refractivity contribution in [2.45, 2.75) is 43.7 Å². The summed E-state index contributed by atoms with van der Waals surface area (Å²) < 4.78 is 11.4. The van der Waals surface area contributed by atoms with E-state index < -0.39 is 0 Å². The Labute approximate surface area is 117 Å². The van der Waals surface area contributed by atoms with Crippen molar-refractivity contribution in [2.75, 3.05) is 6.61 Å². The topological polar surface area (TPSA) is 18.5 Å². The van der Waals surface area contributed by atoms with E-state index in [-0.39, 0.29) is 0 Å². The molecule has 3 rings (SSSR count). The predicted molar refractivity (Wildman–Crippen MR) is 75.4 cm³/mol. The molecule has 98 valence electrons. The summed E-state index contributed by atoms with van der Waals surface area (Å²) in [7, 11) is 0. The maximum atomic E-state index is 5.75. The summed E-state index contributed by atoms with van der Waals surface area (Å²) in [6, 6.07) is 6.59. The number of hydrogen-bond donors (Lipinski definition) is 0. The smallest absolute Gasteiger partial charge is 0.123 e. The van der Waals surface area contributed by atoms with E-state index in [1.165, 1.54) is 11.1 Å². The molecule has 1 saturated heterocycles. The summed E-state index contributed by atoms with van der Waals surface area (Å²) in [5.74, 6) is 1.63. The molecule has 1 aromatic rings. The van der Waals surface area contributed by atoms with Gasteiger partial charge in [-0.15, -0.1) is 0 Å². The van der Waals surface area contributed by atoms with Crippen molar-refractivity contribution in [3.05, 3.63) is 29.3 Å². The van der Waals surface area contributed by atoms with Gasteiger partial charge in [-0.1, -0.05) is 28.1 Å². The molecule has 0 radical (unpaired) electrons. The van der Waals surface area contributed by atoms with Crippen molar-refractivity contribution in [1.29, 1.82) is 0 Å². The van der Waals surface area contributed by atoms with Gasteiger partial charge in [0.1, 0.15) is 11.9 Å². The molecule has 2 aliphatic heterocycles. The summed E-state index contributed by atoms with van der Waals surface area (Å²) in [5.41, 5.74) is 2.70. The van der Waals surface area contributed by atoms with Crippen LogP contribution in [0.5, 0.6) is 5.75 Å². The highest BCUT2D eigenvalue weighted by Gasteiger charge is 2.32. The number of benzene rings is 1. The molecule has 0 bridgehead atoms. The van der Waals surface area contributed by atoms with Gasteiger partial charge in [-0.3, -0.25) is 0 Å². The fraction of sp³-hybridized carbons (Fsp3) is 0.600. The molecule has 0 aromatic heterocycles. The van der Waals surface area contributed by atoms with Crippen molar-refractivity contribution < 1.29 is 9.47 Å². The molecule has 0 aliphatic carbocycles. The fourth-order valence-electron chi connectivity index (χ4n) is 2.99. The molecule has 1 aromatic carbocycles. The van der Waals surface area contributed by atoms with Crippen LogP contribution in [0.15, 0.2) is 18.2 Å². The van der Waals surface area contributed by atoms with Gasteiger partial charge in [-0.05, 0) is 37.5 Å². The number of ether oxygens (including phenoxy) is 2. The minimum atomic E-state index is 0.317. The number of halogens is 1. The Morgan fingerprint density at radius 3 is 2.89 bits per heavy atom. The third-order valence-electron chi connectivity index (χ3n) is 4.05. The van der Waals surface area contributed by atoms with E-state index in [9.17, 15) is 0 Å². The molecular weight excluding hydrogens is 292 g/mol. The van der Waals surface area contributed by atoms with Crippen LogP contribution in [0.3, 0.4) is 0 Å². The number of hydrogen-bond acceptors (Lipinski definition) is 2. The van der Waals surface area contributed by atoms with Gasteiger partial charge in [-0.2, -0.15) is 0 Å². The largest absolute Gasteiger partial charge is 0.490 e. The van der Waals surface area contributed by atoms with Crippen LogP contribution in [0.4, 0.5) is 0 Å². The van der Waals surface area contributed by atoms with Crippen LogP contribution < -0.4 is 4.74 Å². The van der Waals surface area contributed by atoms with Crippen LogP contribution in [0.25, 0.3) is 0 Å². The van der Waals surface area contributed by atoms with Gasteiger partial charge in [0.15, 0.2) is 0 Å². The summed E-state index contributed by atoms with van der Waals surface area (Å²) in [5, 5.41) is 0. The molecule has 4 atom stereocenters. The Kier molecular flexibility index (Phi) is 3.37. The second kappa shape index (κ2) is 4.86. The van der Waals surface area contributed by atoms with E-state index in [2.05, 4.69) is 48.0 Å². The molecule has 3 heteroatoms. The monoisotopic (exact) mass is 310 g/mol. The molecule has 0 N–H and O–H groups in total. The van der Waals surface area contributed by atoms with E-state index in [1.807, 2.05) is 0 Å². The van der Waals surface area contributed by atoms with Crippen molar-refractivity contribution in [1.82, 2.24) is 0 Å². The van der Waals surface area contributed by atoms with Gasteiger partial charge in [0.2, 0.25) is 0 Å². The first-order chi connectivity index (χ1) is 8.65. The van der Waals surface area contributed by atoms with E-state index in [4.69, 9.17) is 9.47 Å². The summed E-state index contributed by atoms with van der Waals surface area (Å²) in [6.07, 6.45) is 2.83. The van der Waals surface area contributed by atoms with E-state index >= 15 is 0 Å². The lowest BCUT2D eigenvalue weighted by Crippen LogP contribution is -2.16. The van der Waals surface area contributed by atoms with E-state index in [1.54, 1.807) is 0 Å². The number of alkyl halides is 1. The average Bonchev–Trinajstić information content (AvgIpc) is 2.91. The summed E-state index contributed by atoms with van der Waals surface area (Å²) >= 11 is 3.86. The molecule has 2 nitrogen and oxygen atoms in total. The van der Waals surface area contributed by atoms with Crippen LogP contribution >= 0.6 is 15.9 Å². The van der Waals surface area contributed by atoms with Crippen LogP contribution in [0.2, 0.25) is 0 Å². The molecule has 18 heavy (non-hydrogen) atoms. The third-order valence-corrected chi connectivity index (χ3v) is 5.26. The Morgan fingerprint density at radius 1 is 1.33 bits per heavy atom. The van der Waals surface area contributed by atoms with Gasteiger partial charge in [0.25, 0.3) is 0 Å². The Morgan fingerprint density at radius 2 is 2.17 bits per heavy atom. The molecule has 4 unspecified atom stereocenters. The van der Waals surface area contributed by atoms with Crippen molar-refractivity contribution >= 4 is 15.9 Å². The number of fused-ring (bicyclic) bond motifs is 1. The second-order valence-corrected chi connectivity index (χ2v) is 6.42. The number of rotatable bonds is 2. The standard InChI is InChI=1S/C15H19BrO2/c1-9-7-12-8-11(3-4-14(12)18-9)15(16)13-5-6-17-10(13)2/h3-4,8-10,13,15H,5-7H2,1-2H3. The molecular formula is C15H19BrO2. The summed E-state index contributed by atoms with van der Waals surface area (Å²) in [4.78, 5) is 0.385. The first-order valence-corrected chi connectivity index (χ1v) is 7.62. The molecule has 1 fully saturated rings. The Balaban J connectivity index is 1.82. The normalized spacial score (nSPS) is 32.1. The molecule has 0 spiro atoms. The van der Waals surface area contributed by atoms with Crippen molar-refractivity contribution in [2.24, 2.45) is 5.92 Å². The maximum Gasteiger partial charge on any atom is 0.123 e. The Hall–Kier alpha value is -0.540. The van der Waals surface area contributed by atoms with Gasteiger partial charge in [-0.25, -0.2) is 0 Å². The molecule has 0 saturated carbocycles. The zero-order valence-electron chi connectivity index (χ0n) is 10.9. The quantitative estimate of drug-likeness (QED) is 0.772. The molecule has 2 heterocycles. The lowest BCUT2D eigenvalue weighted by molar-refractivity contribution is 0.105. The van der Waals surface area contributed by atoms with Crippen LogP contribution in [-0.2, 0) is 11.2 Å². The molecule has 2 aliphatic rings. The van der Waals surface area contributed by atoms with Crippen LogP contribution in [0, 0.1) is 5.92 Å². The van der Waals surface area contributed by atoms with Gasteiger partial charge in [0.05, 0.1) is 6.10 Å². The highest BCUT2D eigenvalue weighted by molar-refractivity contribution is 9.09. The minimum Gasteiger partial charge on any atom is -0.490 e.